The number of carbonyl (C=O) groups excluding carboxylic acids is 1. The quantitative estimate of drug-likeness (QED) is 0.835. The second-order valence-corrected chi connectivity index (χ2v) is 5.01. The predicted molar refractivity (Wildman–Crippen MR) is 77.1 cm³/mol. The number of hydrogen-bond donors (Lipinski definition) is 0. The van der Waals surface area contributed by atoms with Crippen molar-refractivity contribution in [2.45, 2.75) is 32.4 Å². The molecule has 0 fully saturated rings. The number of imidazole rings is 1. The number of hydrogen-bond acceptors (Lipinski definition) is 3. The van der Waals surface area contributed by atoms with Gasteiger partial charge < -0.3 is 9.47 Å². The minimum atomic E-state index is -0.242. The zero-order valence-electron chi connectivity index (χ0n) is 12.1. The maximum absolute atomic E-state index is 12.4. The Bertz CT molecular complexity index is 538. The van der Waals surface area contributed by atoms with E-state index in [0.29, 0.717) is 0 Å². The fraction of sp³-hybridized carbons (Fsp3) is 0.400. The number of carbonyl (C=O) groups is 1. The fourth-order valence-corrected chi connectivity index (χ4v) is 2.10. The molecule has 0 unspecified atom stereocenters. The van der Waals surface area contributed by atoms with Gasteiger partial charge in [0.05, 0.1) is 6.33 Å². The largest absolute Gasteiger partial charge is 0.341 e. The van der Waals surface area contributed by atoms with E-state index in [1.54, 1.807) is 29.8 Å². The van der Waals surface area contributed by atoms with Crippen molar-refractivity contribution in [3.8, 4) is 0 Å². The molecule has 0 aromatic carbocycles. The van der Waals surface area contributed by atoms with Gasteiger partial charge >= 0.3 is 0 Å². The molecule has 0 spiro atoms. The SMILES string of the molecule is C[C@@H](Cc1ccccn1)N(C)C(=O)[C@H](C)n1ccnc1. The second-order valence-electron chi connectivity index (χ2n) is 5.01. The number of pyridine rings is 1. The molecule has 2 rings (SSSR count). The van der Waals surface area contributed by atoms with E-state index in [-0.39, 0.29) is 18.0 Å². The molecule has 2 heterocycles. The lowest BCUT2D eigenvalue weighted by atomic mass is 10.1. The van der Waals surface area contributed by atoms with Crippen molar-refractivity contribution in [3.63, 3.8) is 0 Å². The second kappa shape index (κ2) is 6.32. The maximum atomic E-state index is 12.4. The molecule has 1 amide bonds. The van der Waals surface area contributed by atoms with Crippen LogP contribution in [0.1, 0.15) is 25.6 Å². The highest BCUT2D eigenvalue weighted by Gasteiger charge is 2.22. The number of nitrogens with zero attached hydrogens (tertiary/aromatic N) is 4. The van der Waals surface area contributed by atoms with Gasteiger partial charge in [0.15, 0.2) is 0 Å². The highest BCUT2D eigenvalue weighted by molar-refractivity contribution is 5.80. The first-order valence-corrected chi connectivity index (χ1v) is 6.73. The van der Waals surface area contributed by atoms with Crippen molar-refractivity contribution in [2.75, 3.05) is 7.05 Å². The third-order valence-electron chi connectivity index (χ3n) is 3.57. The van der Waals surface area contributed by atoms with Crippen LogP contribution in [0, 0.1) is 0 Å². The Kier molecular flexibility index (Phi) is 4.50. The number of aromatic nitrogens is 3. The molecule has 0 radical (unpaired) electrons. The van der Waals surface area contributed by atoms with E-state index >= 15 is 0 Å². The van der Waals surface area contributed by atoms with Gasteiger partial charge in [-0.2, -0.15) is 0 Å². The lowest BCUT2D eigenvalue weighted by molar-refractivity contribution is -0.134. The molecule has 5 heteroatoms. The molecular weight excluding hydrogens is 252 g/mol. The number of likely N-dealkylation sites (N-methyl/N-ethyl adjacent to an activating group) is 1. The van der Waals surface area contributed by atoms with E-state index in [2.05, 4.69) is 9.97 Å². The first kappa shape index (κ1) is 14.2. The summed E-state index contributed by atoms with van der Waals surface area (Å²) in [4.78, 5) is 22.5. The average molecular weight is 272 g/mol. The molecule has 106 valence electrons. The molecule has 5 nitrogen and oxygen atoms in total. The van der Waals surface area contributed by atoms with Gasteiger partial charge in [0.25, 0.3) is 0 Å². The Morgan fingerprint density at radius 2 is 2.15 bits per heavy atom. The molecule has 2 aromatic rings. The first-order chi connectivity index (χ1) is 9.59. The van der Waals surface area contributed by atoms with Gasteiger partial charge in [0, 0.05) is 43.8 Å². The standard InChI is InChI=1S/C15H20N4O/c1-12(10-14-6-4-5-7-17-14)18(3)15(20)13(2)19-9-8-16-11-19/h4-9,11-13H,10H2,1-3H3/t12-,13-/m0/s1. The molecule has 0 aliphatic carbocycles. The Labute approximate surface area is 119 Å². The minimum Gasteiger partial charge on any atom is -0.341 e. The molecule has 2 aromatic heterocycles. The van der Waals surface area contributed by atoms with Gasteiger partial charge in [0.1, 0.15) is 6.04 Å². The third-order valence-corrected chi connectivity index (χ3v) is 3.57. The Morgan fingerprint density at radius 1 is 1.35 bits per heavy atom. The first-order valence-electron chi connectivity index (χ1n) is 6.73. The van der Waals surface area contributed by atoms with Crippen molar-refractivity contribution >= 4 is 5.91 Å². The summed E-state index contributed by atoms with van der Waals surface area (Å²) in [6.45, 7) is 3.92. The highest BCUT2D eigenvalue weighted by atomic mass is 16.2. The smallest absolute Gasteiger partial charge is 0.245 e. The molecule has 0 saturated heterocycles. The van der Waals surface area contributed by atoms with Crippen LogP contribution in [0.15, 0.2) is 43.1 Å². The molecule has 0 aliphatic heterocycles. The highest BCUT2D eigenvalue weighted by Crippen LogP contribution is 2.12. The summed E-state index contributed by atoms with van der Waals surface area (Å²) in [7, 11) is 1.84. The Hall–Kier alpha value is -2.17. The van der Waals surface area contributed by atoms with E-state index in [4.69, 9.17) is 0 Å². The molecule has 20 heavy (non-hydrogen) atoms. The molecule has 2 atom stereocenters. The summed E-state index contributed by atoms with van der Waals surface area (Å²) in [6, 6.07) is 5.69. The molecule has 0 bridgehead atoms. The van der Waals surface area contributed by atoms with E-state index in [0.717, 1.165) is 12.1 Å². The van der Waals surface area contributed by atoms with Crippen LogP contribution >= 0.6 is 0 Å². The number of amides is 1. The zero-order chi connectivity index (χ0) is 14.5. The average Bonchev–Trinajstić information content (AvgIpc) is 3.00. The Balaban J connectivity index is 1.99. The summed E-state index contributed by atoms with van der Waals surface area (Å²) < 4.78 is 1.81. The predicted octanol–water partition coefficient (Wildman–Crippen LogP) is 1.93. The van der Waals surface area contributed by atoms with Crippen LogP contribution in [0.2, 0.25) is 0 Å². The van der Waals surface area contributed by atoms with Gasteiger partial charge in [0.2, 0.25) is 5.91 Å². The zero-order valence-corrected chi connectivity index (χ0v) is 12.1. The maximum Gasteiger partial charge on any atom is 0.245 e. The summed E-state index contributed by atoms with van der Waals surface area (Å²) in [5.41, 5.74) is 0.995. The Morgan fingerprint density at radius 3 is 2.75 bits per heavy atom. The fourth-order valence-electron chi connectivity index (χ4n) is 2.10. The summed E-state index contributed by atoms with van der Waals surface area (Å²) in [5.74, 6) is 0.0754. The van der Waals surface area contributed by atoms with Crippen LogP contribution in [0.5, 0.6) is 0 Å². The van der Waals surface area contributed by atoms with E-state index in [1.165, 1.54) is 0 Å². The monoisotopic (exact) mass is 272 g/mol. The summed E-state index contributed by atoms with van der Waals surface area (Å²) in [5, 5.41) is 0. The van der Waals surface area contributed by atoms with Crippen molar-refractivity contribution in [1.82, 2.24) is 19.4 Å². The normalized spacial score (nSPS) is 13.8. The van der Waals surface area contributed by atoms with Crippen molar-refractivity contribution in [1.29, 1.82) is 0 Å². The van der Waals surface area contributed by atoms with Crippen molar-refractivity contribution in [2.24, 2.45) is 0 Å². The molecular formula is C15H20N4O. The van der Waals surface area contributed by atoms with Crippen LogP contribution in [0.3, 0.4) is 0 Å². The van der Waals surface area contributed by atoms with Gasteiger partial charge in [-0.3, -0.25) is 9.78 Å². The van der Waals surface area contributed by atoms with Crippen LogP contribution in [-0.2, 0) is 11.2 Å². The summed E-state index contributed by atoms with van der Waals surface area (Å²) in [6.07, 6.45) is 7.68. The van der Waals surface area contributed by atoms with Crippen molar-refractivity contribution in [3.05, 3.63) is 48.8 Å². The summed E-state index contributed by atoms with van der Waals surface area (Å²) >= 11 is 0. The van der Waals surface area contributed by atoms with Crippen LogP contribution in [-0.4, -0.2) is 38.4 Å². The molecule has 0 saturated carbocycles. The van der Waals surface area contributed by atoms with E-state index < -0.39 is 0 Å². The van der Waals surface area contributed by atoms with Gasteiger partial charge in [-0.05, 0) is 26.0 Å². The van der Waals surface area contributed by atoms with Gasteiger partial charge in [-0.1, -0.05) is 6.07 Å². The van der Waals surface area contributed by atoms with Crippen LogP contribution < -0.4 is 0 Å². The van der Waals surface area contributed by atoms with E-state index in [9.17, 15) is 4.79 Å². The number of rotatable bonds is 5. The topological polar surface area (TPSA) is 51.0 Å². The van der Waals surface area contributed by atoms with Gasteiger partial charge in [-0.25, -0.2) is 4.98 Å². The molecule has 0 aliphatic rings. The van der Waals surface area contributed by atoms with Crippen molar-refractivity contribution < 1.29 is 4.79 Å². The van der Waals surface area contributed by atoms with E-state index in [1.807, 2.05) is 43.7 Å². The third kappa shape index (κ3) is 3.23. The van der Waals surface area contributed by atoms with Crippen LogP contribution in [0.25, 0.3) is 0 Å². The molecule has 0 N–H and O–H groups in total. The minimum absolute atomic E-state index is 0.0754. The lowest BCUT2D eigenvalue weighted by Gasteiger charge is -2.28. The lowest BCUT2D eigenvalue weighted by Crippen LogP contribution is -2.40. The van der Waals surface area contributed by atoms with Gasteiger partial charge in [-0.15, -0.1) is 0 Å². The van der Waals surface area contributed by atoms with Crippen LogP contribution in [0.4, 0.5) is 0 Å².